The van der Waals surface area contributed by atoms with E-state index in [0.717, 1.165) is 37.0 Å². The molecule has 0 atom stereocenters. The lowest BCUT2D eigenvalue weighted by atomic mass is 9.73. The van der Waals surface area contributed by atoms with Crippen LogP contribution in [0.3, 0.4) is 0 Å². The van der Waals surface area contributed by atoms with Crippen LogP contribution < -0.4 is 10.3 Å². The molecule has 3 heteroatoms. The molecule has 0 saturated heterocycles. The Kier molecular flexibility index (Phi) is 4.85. The first kappa shape index (κ1) is 22.0. The largest absolute Gasteiger partial charge is 0.310 e. The number of fused-ring (bicyclic) bond motifs is 4. The minimum atomic E-state index is -0.0892. The lowest BCUT2D eigenvalue weighted by molar-refractivity contribution is 0.632. The van der Waals surface area contributed by atoms with Crippen molar-refractivity contribution in [2.75, 3.05) is 4.90 Å². The van der Waals surface area contributed by atoms with Crippen LogP contribution in [0.1, 0.15) is 25.0 Å². The predicted molar refractivity (Wildman–Crippen MR) is 158 cm³/mol. The number of benzene rings is 5. The molecule has 2 heterocycles. The summed E-state index contributed by atoms with van der Waals surface area (Å²) in [6.45, 7) is 4.61. The molecule has 0 spiro atoms. The maximum atomic E-state index is 13.3. The Hall–Kier alpha value is -4.21. The Morgan fingerprint density at radius 1 is 0.595 bits per heavy atom. The fourth-order valence-corrected chi connectivity index (χ4v) is 6.81. The van der Waals surface area contributed by atoms with Gasteiger partial charge < -0.3 is 4.90 Å². The summed E-state index contributed by atoms with van der Waals surface area (Å²) >= 11 is 1.67. The van der Waals surface area contributed by atoms with E-state index in [0.29, 0.717) is 0 Å². The zero-order chi connectivity index (χ0) is 25.1. The Morgan fingerprint density at radius 2 is 1.22 bits per heavy atom. The highest BCUT2D eigenvalue weighted by Crippen LogP contribution is 2.51. The second-order valence-corrected chi connectivity index (χ2v) is 11.3. The van der Waals surface area contributed by atoms with Gasteiger partial charge in [0.25, 0.3) is 0 Å². The van der Waals surface area contributed by atoms with Crippen molar-refractivity contribution in [2.45, 2.75) is 19.3 Å². The predicted octanol–water partition coefficient (Wildman–Crippen LogP) is 9.19. The summed E-state index contributed by atoms with van der Waals surface area (Å²) < 4.78 is 2.05. The molecule has 178 valence electrons. The van der Waals surface area contributed by atoms with E-state index < -0.39 is 0 Å². The van der Waals surface area contributed by atoms with Crippen molar-refractivity contribution in [3.8, 4) is 11.1 Å². The lowest BCUT2D eigenvalue weighted by Gasteiger charge is -2.42. The lowest BCUT2D eigenvalue weighted by Crippen LogP contribution is -2.30. The third kappa shape index (κ3) is 3.35. The van der Waals surface area contributed by atoms with Gasteiger partial charge in [-0.1, -0.05) is 80.6 Å². The molecule has 0 N–H and O–H groups in total. The average molecular weight is 496 g/mol. The maximum Gasteiger partial charge on any atom is 0.195 e. The fraction of sp³-hybridized carbons (Fsp3) is 0.0882. The molecule has 1 aliphatic heterocycles. The second-order valence-electron chi connectivity index (χ2n) is 10.2. The molecule has 0 aliphatic carbocycles. The van der Waals surface area contributed by atoms with Gasteiger partial charge in [0, 0.05) is 31.3 Å². The van der Waals surface area contributed by atoms with Crippen LogP contribution in [0.5, 0.6) is 0 Å². The van der Waals surface area contributed by atoms with Gasteiger partial charge in [-0.25, -0.2) is 0 Å². The van der Waals surface area contributed by atoms with Gasteiger partial charge in [0.15, 0.2) is 5.43 Å². The first-order valence-electron chi connectivity index (χ1n) is 12.6. The van der Waals surface area contributed by atoms with Gasteiger partial charge in [-0.3, -0.25) is 4.79 Å². The first-order valence-corrected chi connectivity index (χ1v) is 13.4. The summed E-state index contributed by atoms with van der Waals surface area (Å²) in [4.78, 5) is 15.7. The number of rotatable bonds is 2. The van der Waals surface area contributed by atoms with Crippen molar-refractivity contribution in [2.24, 2.45) is 0 Å². The van der Waals surface area contributed by atoms with Crippen LogP contribution in [0.2, 0.25) is 0 Å². The third-order valence-electron chi connectivity index (χ3n) is 7.65. The molecule has 1 aromatic heterocycles. The van der Waals surface area contributed by atoms with E-state index in [4.69, 9.17) is 0 Å². The maximum absolute atomic E-state index is 13.3. The minimum Gasteiger partial charge on any atom is -0.310 e. The summed E-state index contributed by atoms with van der Waals surface area (Å²) in [5, 5.41) is 1.57. The minimum absolute atomic E-state index is 0.0892. The summed E-state index contributed by atoms with van der Waals surface area (Å²) in [5.41, 5.74) is 8.30. The molecule has 6 aromatic rings. The van der Waals surface area contributed by atoms with Gasteiger partial charge in [0.05, 0.1) is 11.4 Å². The summed E-state index contributed by atoms with van der Waals surface area (Å²) in [6, 6.07) is 40.2. The van der Waals surface area contributed by atoms with Crippen LogP contribution in [0, 0.1) is 0 Å². The number of para-hydroxylation sites is 2. The van der Waals surface area contributed by atoms with Gasteiger partial charge in [0.1, 0.15) is 0 Å². The van der Waals surface area contributed by atoms with Crippen molar-refractivity contribution >= 4 is 48.6 Å². The fourth-order valence-electron chi connectivity index (χ4n) is 5.75. The number of anilines is 3. The van der Waals surface area contributed by atoms with Crippen molar-refractivity contribution in [1.82, 2.24) is 0 Å². The van der Waals surface area contributed by atoms with Gasteiger partial charge >= 0.3 is 0 Å². The van der Waals surface area contributed by atoms with Crippen LogP contribution in [-0.4, -0.2) is 0 Å². The third-order valence-corrected chi connectivity index (χ3v) is 8.80. The number of hydrogen-bond donors (Lipinski definition) is 0. The standard InChI is InChI=1S/C34H25NOS/c1-34(2)27-13-4-6-15-29(27)35(30-16-7-5-14-28(30)34)24-11-9-10-22(20-24)23-18-19-32-26(21-23)33(36)25-12-3-8-17-31(25)37-32/h3-21H,1-2H3. The first-order chi connectivity index (χ1) is 18.0. The van der Waals surface area contributed by atoms with E-state index >= 15 is 0 Å². The van der Waals surface area contributed by atoms with Gasteiger partial charge in [-0.05, 0) is 70.8 Å². The average Bonchev–Trinajstić information content (AvgIpc) is 2.94. The van der Waals surface area contributed by atoms with Crippen molar-refractivity contribution in [3.63, 3.8) is 0 Å². The Morgan fingerprint density at radius 3 is 1.97 bits per heavy atom. The highest BCUT2D eigenvalue weighted by Gasteiger charge is 2.36. The van der Waals surface area contributed by atoms with Crippen LogP contribution in [0.15, 0.2) is 120 Å². The smallest absolute Gasteiger partial charge is 0.195 e. The van der Waals surface area contributed by atoms with Crippen LogP contribution in [-0.2, 0) is 5.41 Å². The molecule has 2 nitrogen and oxygen atoms in total. The quantitative estimate of drug-likeness (QED) is 0.223. The molecule has 5 aromatic carbocycles. The monoisotopic (exact) mass is 495 g/mol. The molecule has 37 heavy (non-hydrogen) atoms. The zero-order valence-electron chi connectivity index (χ0n) is 20.7. The molecule has 0 bridgehead atoms. The normalized spacial score (nSPS) is 13.9. The SMILES string of the molecule is CC1(C)c2ccccc2N(c2cccc(-c3ccc4sc5ccccc5c(=O)c4c3)c2)c2ccccc21. The molecule has 0 radical (unpaired) electrons. The molecule has 0 saturated carbocycles. The zero-order valence-corrected chi connectivity index (χ0v) is 21.5. The van der Waals surface area contributed by atoms with Crippen molar-refractivity contribution in [3.05, 3.63) is 137 Å². The van der Waals surface area contributed by atoms with Gasteiger partial charge in [-0.15, -0.1) is 11.3 Å². The van der Waals surface area contributed by atoms with E-state index in [-0.39, 0.29) is 10.8 Å². The van der Waals surface area contributed by atoms with E-state index in [9.17, 15) is 4.79 Å². The van der Waals surface area contributed by atoms with Gasteiger partial charge in [0.2, 0.25) is 0 Å². The van der Waals surface area contributed by atoms with Crippen LogP contribution >= 0.6 is 11.3 Å². The molecular weight excluding hydrogens is 470 g/mol. The summed E-state index contributed by atoms with van der Waals surface area (Å²) in [6.07, 6.45) is 0. The van der Waals surface area contributed by atoms with Gasteiger partial charge in [-0.2, -0.15) is 0 Å². The molecule has 1 aliphatic rings. The van der Waals surface area contributed by atoms with Crippen LogP contribution in [0.25, 0.3) is 31.3 Å². The van der Waals surface area contributed by atoms with Crippen molar-refractivity contribution < 1.29 is 0 Å². The van der Waals surface area contributed by atoms with E-state index in [2.05, 4.69) is 110 Å². The van der Waals surface area contributed by atoms with Crippen molar-refractivity contribution in [1.29, 1.82) is 0 Å². The van der Waals surface area contributed by atoms with E-state index in [1.54, 1.807) is 11.3 Å². The molecule has 0 fully saturated rings. The Balaban J connectivity index is 1.40. The Labute approximate surface area is 220 Å². The molecule has 7 rings (SSSR count). The highest BCUT2D eigenvalue weighted by atomic mass is 32.1. The number of nitrogens with zero attached hydrogens (tertiary/aromatic N) is 1. The van der Waals surface area contributed by atoms with E-state index in [1.807, 2.05) is 24.3 Å². The second kappa shape index (κ2) is 8.16. The molecule has 0 amide bonds. The highest BCUT2D eigenvalue weighted by molar-refractivity contribution is 7.24. The summed E-state index contributed by atoms with van der Waals surface area (Å²) in [7, 11) is 0. The van der Waals surface area contributed by atoms with E-state index in [1.165, 1.54) is 22.5 Å². The number of hydrogen-bond acceptors (Lipinski definition) is 3. The molecular formula is C34H25NOS. The summed E-state index contributed by atoms with van der Waals surface area (Å²) in [5.74, 6) is 0. The Bertz CT molecular complexity index is 1850. The van der Waals surface area contributed by atoms with Crippen LogP contribution in [0.4, 0.5) is 17.1 Å². The molecule has 0 unspecified atom stereocenters. The topological polar surface area (TPSA) is 20.3 Å².